The highest BCUT2D eigenvalue weighted by Crippen LogP contribution is 2.33. The number of hydrogen-bond acceptors (Lipinski definition) is 6. The summed E-state index contributed by atoms with van der Waals surface area (Å²) in [5.41, 5.74) is 2.51. The van der Waals surface area contributed by atoms with Crippen molar-refractivity contribution in [2.24, 2.45) is 0 Å². The second kappa shape index (κ2) is 9.70. The number of amides is 3. The van der Waals surface area contributed by atoms with E-state index < -0.39 is 29.7 Å². The molecule has 3 aliphatic heterocycles. The molecular formula is C26H30F2N6O3. The first kappa shape index (κ1) is 25.1. The molecule has 0 spiro atoms. The largest absolute Gasteiger partial charge is 0.380 e. The van der Waals surface area contributed by atoms with Gasteiger partial charge in [0.15, 0.2) is 0 Å². The lowest BCUT2D eigenvalue weighted by molar-refractivity contribution is -0.125. The summed E-state index contributed by atoms with van der Waals surface area (Å²) < 4.78 is 28.5. The van der Waals surface area contributed by atoms with E-state index in [1.807, 2.05) is 10.9 Å². The molecule has 0 aliphatic carbocycles. The van der Waals surface area contributed by atoms with Crippen LogP contribution in [0.25, 0.3) is 0 Å². The molecule has 37 heavy (non-hydrogen) atoms. The molecule has 3 aliphatic rings. The maximum atomic E-state index is 13.3. The Bertz CT molecular complexity index is 1250. The smallest absolute Gasteiger partial charge is 0.264 e. The molecular weight excluding hydrogens is 482 g/mol. The molecule has 1 aromatic heterocycles. The summed E-state index contributed by atoms with van der Waals surface area (Å²) in [6.45, 7) is 6.03. The number of nitrogens with zero attached hydrogens (tertiary/aromatic N) is 4. The minimum atomic E-state index is -2.70. The van der Waals surface area contributed by atoms with Gasteiger partial charge in [0.2, 0.25) is 5.91 Å². The third-order valence-corrected chi connectivity index (χ3v) is 7.15. The van der Waals surface area contributed by atoms with Gasteiger partial charge in [-0.2, -0.15) is 5.10 Å². The summed E-state index contributed by atoms with van der Waals surface area (Å²) in [6, 6.07) is 4.32. The van der Waals surface area contributed by atoms with Gasteiger partial charge in [-0.1, -0.05) is 12.6 Å². The molecule has 1 unspecified atom stereocenters. The molecule has 1 atom stereocenters. The van der Waals surface area contributed by atoms with Crippen LogP contribution in [0.15, 0.2) is 42.9 Å². The number of alkyl halides is 2. The molecule has 2 fully saturated rings. The first-order chi connectivity index (χ1) is 17.6. The summed E-state index contributed by atoms with van der Waals surface area (Å²) in [5.74, 6) is -4.07. The Morgan fingerprint density at radius 1 is 1.16 bits per heavy atom. The zero-order chi connectivity index (χ0) is 26.3. The average molecular weight is 513 g/mol. The van der Waals surface area contributed by atoms with E-state index in [0.717, 1.165) is 30.2 Å². The minimum absolute atomic E-state index is 0.141. The third kappa shape index (κ3) is 5.13. The van der Waals surface area contributed by atoms with Gasteiger partial charge < -0.3 is 10.6 Å². The average Bonchev–Trinajstić information content (AvgIpc) is 3.41. The normalized spacial score (nSPS) is 21.4. The zero-order valence-corrected chi connectivity index (χ0v) is 20.7. The maximum absolute atomic E-state index is 13.3. The number of likely N-dealkylation sites (tertiary alicyclic amines) is 1. The second-order valence-electron chi connectivity index (χ2n) is 10.1. The maximum Gasteiger partial charge on any atom is 0.264 e. The fourth-order valence-corrected chi connectivity index (χ4v) is 5.34. The zero-order valence-electron chi connectivity index (χ0n) is 20.7. The fourth-order valence-electron chi connectivity index (χ4n) is 5.34. The summed E-state index contributed by atoms with van der Waals surface area (Å²) in [6.07, 6.45) is 5.99. The monoisotopic (exact) mass is 512 g/mol. The van der Waals surface area contributed by atoms with Gasteiger partial charge in [-0.25, -0.2) is 8.78 Å². The topological polar surface area (TPSA) is 99.6 Å². The van der Waals surface area contributed by atoms with Crippen LogP contribution in [-0.2, 0) is 11.3 Å². The van der Waals surface area contributed by atoms with E-state index in [4.69, 9.17) is 0 Å². The Balaban J connectivity index is 1.23. The van der Waals surface area contributed by atoms with E-state index >= 15 is 0 Å². The van der Waals surface area contributed by atoms with Crippen LogP contribution >= 0.6 is 0 Å². The number of halogens is 2. The van der Waals surface area contributed by atoms with Crippen molar-refractivity contribution < 1.29 is 23.2 Å². The molecule has 0 radical (unpaired) electrons. The lowest BCUT2D eigenvalue weighted by Crippen LogP contribution is -2.51. The Hall–Kier alpha value is -3.60. The predicted molar refractivity (Wildman–Crippen MR) is 132 cm³/mol. The van der Waals surface area contributed by atoms with Crippen molar-refractivity contribution in [3.05, 3.63) is 59.6 Å². The van der Waals surface area contributed by atoms with Gasteiger partial charge in [-0.05, 0) is 37.8 Å². The minimum Gasteiger partial charge on any atom is -0.380 e. The molecule has 9 nitrogen and oxygen atoms in total. The van der Waals surface area contributed by atoms with Gasteiger partial charge in [-0.3, -0.25) is 28.9 Å². The molecule has 11 heteroatoms. The molecule has 0 saturated carbocycles. The summed E-state index contributed by atoms with van der Waals surface area (Å²) in [7, 11) is 0. The van der Waals surface area contributed by atoms with E-state index in [2.05, 4.69) is 22.3 Å². The molecule has 0 bridgehead atoms. The SMILES string of the molecule is C=C1CCC(N2C(=O)c3cccc(NCc4cnn(C5CCN(CC(C)(F)F)CC5)c4)c3C2=O)C(=O)N1. The fraction of sp³-hybridized carbons (Fsp3) is 0.462. The standard InChI is InChI=1S/C26H30F2N6O3/c1-16-6-7-21(23(35)31-16)34-24(36)19-4-3-5-20(22(19)25(34)37)29-12-17-13-30-33(14-17)18-8-10-32(11-9-18)15-26(2,27)28/h3-5,13-14,18,21,29H,1,6-12,15H2,2H3,(H,31,35). The van der Waals surface area contributed by atoms with Crippen LogP contribution in [0.1, 0.15) is 64.9 Å². The second-order valence-corrected chi connectivity index (χ2v) is 10.1. The van der Waals surface area contributed by atoms with Crippen LogP contribution in [0.2, 0.25) is 0 Å². The first-order valence-corrected chi connectivity index (χ1v) is 12.5. The molecule has 5 rings (SSSR count). The van der Waals surface area contributed by atoms with Crippen molar-refractivity contribution >= 4 is 23.4 Å². The molecule has 2 N–H and O–H groups in total. The van der Waals surface area contributed by atoms with Gasteiger partial charge in [0.25, 0.3) is 17.7 Å². The van der Waals surface area contributed by atoms with E-state index in [9.17, 15) is 23.2 Å². The Morgan fingerprint density at radius 3 is 2.62 bits per heavy atom. The number of carbonyl (C=O) groups is 3. The number of rotatable bonds is 7. The lowest BCUT2D eigenvalue weighted by atomic mass is 10.0. The van der Waals surface area contributed by atoms with Gasteiger partial charge in [-0.15, -0.1) is 0 Å². The molecule has 2 aromatic rings. The molecule has 2 saturated heterocycles. The number of fused-ring (bicyclic) bond motifs is 1. The summed E-state index contributed by atoms with van der Waals surface area (Å²) >= 11 is 0. The quantitative estimate of drug-likeness (QED) is 0.553. The van der Waals surface area contributed by atoms with Crippen LogP contribution < -0.4 is 10.6 Å². The highest BCUT2D eigenvalue weighted by atomic mass is 19.3. The van der Waals surface area contributed by atoms with Crippen molar-refractivity contribution in [1.29, 1.82) is 0 Å². The van der Waals surface area contributed by atoms with E-state index in [-0.39, 0.29) is 23.7 Å². The molecule has 1 aromatic carbocycles. The number of hydrogen-bond donors (Lipinski definition) is 2. The van der Waals surface area contributed by atoms with Crippen molar-refractivity contribution in [2.75, 3.05) is 25.0 Å². The lowest BCUT2D eigenvalue weighted by Gasteiger charge is -2.33. The molecule has 4 heterocycles. The number of aromatic nitrogens is 2. The van der Waals surface area contributed by atoms with Crippen LogP contribution in [0, 0.1) is 0 Å². The van der Waals surface area contributed by atoms with E-state index in [1.54, 1.807) is 29.3 Å². The summed E-state index contributed by atoms with van der Waals surface area (Å²) in [4.78, 5) is 41.6. The van der Waals surface area contributed by atoms with Crippen molar-refractivity contribution in [1.82, 2.24) is 24.9 Å². The Morgan fingerprint density at radius 2 is 1.92 bits per heavy atom. The number of carbonyl (C=O) groups excluding carboxylic acids is 3. The number of allylic oxidation sites excluding steroid dienone is 1. The highest BCUT2D eigenvalue weighted by molar-refractivity contribution is 6.25. The van der Waals surface area contributed by atoms with Crippen molar-refractivity contribution in [2.45, 2.75) is 57.2 Å². The van der Waals surface area contributed by atoms with Crippen LogP contribution in [-0.4, -0.2) is 68.9 Å². The van der Waals surface area contributed by atoms with Crippen LogP contribution in [0.4, 0.5) is 14.5 Å². The van der Waals surface area contributed by atoms with Gasteiger partial charge in [0.05, 0.1) is 29.9 Å². The van der Waals surface area contributed by atoms with Crippen molar-refractivity contribution in [3.8, 4) is 0 Å². The number of anilines is 1. The van der Waals surface area contributed by atoms with Gasteiger partial charge in [0.1, 0.15) is 6.04 Å². The third-order valence-electron chi connectivity index (χ3n) is 7.15. The first-order valence-electron chi connectivity index (χ1n) is 12.5. The molecule has 3 amide bonds. The summed E-state index contributed by atoms with van der Waals surface area (Å²) in [5, 5.41) is 10.3. The van der Waals surface area contributed by atoms with Gasteiger partial charge >= 0.3 is 0 Å². The van der Waals surface area contributed by atoms with Crippen LogP contribution in [0.5, 0.6) is 0 Å². The number of piperidine rings is 2. The number of nitrogens with one attached hydrogen (secondary N) is 2. The Kier molecular flexibility index (Phi) is 6.57. The van der Waals surface area contributed by atoms with Crippen molar-refractivity contribution in [3.63, 3.8) is 0 Å². The van der Waals surface area contributed by atoms with Crippen LogP contribution in [0.3, 0.4) is 0 Å². The van der Waals surface area contributed by atoms with E-state index in [1.165, 1.54) is 0 Å². The highest BCUT2D eigenvalue weighted by Gasteiger charge is 2.45. The Labute approximate surface area is 213 Å². The predicted octanol–water partition coefficient (Wildman–Crippen LogP) is 3.18. The molecule has 196 valence electrons. The van der Waals surface area contributed by atoms with Gasteiger partial charge in [0, 0.05) is 49.7 Å². The van der Waals surface area contributed by atoms with E-state index in [0.29, 0.717) is 43.9 Å². The number of imide groups is 1. The number of benzene rings is 1.